The van der Waals surface area contributed by atoms with E-state index in [0.29, 0.717) is 17.7 Å². The maximum absolute atomic E-state index is 13.6. The molecule has 1 atom stereocenters. The molecule has 2 aromatic heterocycles. The average molecular weight is 490 g/mol. The van der Waals surface area contributed by atoms with E-state index in [4.69, 9.17) is 9.84 Å². The van der Waals surface area contributed by atoms with Crippen LogP contribution >= 0.6 is 0 Å². The van der Waals surface area contributed by atoms with E-state index in [9.17, 15) is 9.59 Å². The van der Waals surface area contributed by atoms with Crippen LogP contribution in [-0.2, 0) is 9.53 Å². The number of carbonyl (C=O) groups is 1. The van der Waals surface area contributed by atoms with Crippen molar-refractivity contribution in [1.29, 1.82) is 0 Å². The number of aromatic nitrogens is 3. The Hall–Kier alpha value is -4.69. The van der Waals surface area contributed by atoms with Gasteiger partial charge in [0.1, 0.15) is 6.61 Å². The Morgan fingerprint density at radius 1 is 0.973 bits per heavy atom. The lowest BCUT2D eigenvalue weighted by molar-refractivity contribution is -0.137. The highest BCUT2D eigenvalue weighted by atomic mass is 16.5. The van der Waals surface area contributed by atoms with Crippen molar-refractivity contribution in [3.63, 3.8) is 0 Å². The van der Waals surface area contributed by atoms with Gasteiger partial charge in [0.25, 0.3) is 11.5 Å². The van der Waals surface area contributed by atoms with E-state index in [1.807, 2.05) is 72.8 Å². The van der Waals surface area contributed by atoms with Crippen molar-refractivity contribution in [3.8, 4) is 11.1 Å². The number of pyridine rings is 1. The summed E-state index contributed by atoms with van der Waals surface area (Å²) in [6, 6.07) is 22.8. The second-order valence-corrected chi connectivity index (χ2v) is 8.86. The van der Waals surface area contributed by atoms with Gasteiger partial charge in [0.2, 0.25) is 0 Å². The highest BCUT2D eigenvalue weighted by molar-refractivity contribution is 6.12. The summed E-state index contributed by atoms with van der Waals surface area (Å²) in [6.45, 7) is -0.125. The van der Waals surface area contributed by atoms with Gasteiger partial charge in [0, 0.05) is 42.4 Å². The van der Waals surface area contributed by atoms with Gasteiger partial charge in [-0.15, -0.1) is 0 Å². The summed E-state index contributed by atoms with van der Waals surface area (Å²) in [5.74, 6) is -0.291. The van der Waals surface area contributed by atoms with Crippen molar-refractivity contribution in [2.75, 3.05) is 13.7 Å². The molecule has 1 aliphatic rings. The molecule has 0 saturated heterocycles. The van der Waals surface area contributed by atoms with Gasteiger partial charge in [-0.3, -0.25) is 19.6 Å². The van der Waals surface area contributed by atoms with Crippen LogP contribution in [0.5, 0.6) is 0 Å². The van der Waals surface area contributed by atoms with Gasteiger partial charge in [-0.1, -0.05) is 54.6 Å². The maximum Gasteiger partial charge on any atom is 0.269 e. The van der Waals surface area contributed by atoms with Crippen LogP contribution < -0.4 is 5.56 Å². The monoisotopic (exact) mass is 489 g/mol. The van der Waals surface area contributed by atoms with Gasteiger partial charge in [-0.25, -0.2) is 5.01 Å². The minimum atomic E-state index is -0.418. The molecule has 3 heterocycles. The zero-order valence-electron chi connectivity index (χ0n) is 20.1. The molecule has 1 amide bonds. The summed E-state index contributed by atoms with van der Waals surface area (Å²) < 4.78 is 5.14. The first-order valence-electron chi connectivity index (χ1n) is 11.9. The maximum atomic E-state index is 13.6. The number of hydrogen-bond acceptors (Lipinski definition) is 6. The van der Waals surface area contributed by atoms with Crippen molar-refractivity contribution < 1.29 is 9.53 Å². The van der Waals surface area contributed by atoms with E-state index in [0.717, 1.165) is 38.6 Å². The highest BCUT2D eigenvalue weighted by Gasteiger charge is 2.35. The molecule has 6 rings (SSSR count). The van der Waals surface area contributed by atoms with Crippen LogP contribution in [0.3, 0.4) is 0 Å². The number of H-pyrrole nitrogens is 1. The van der Waals surface area contributed by atoms with Gasteiger partial charge in [0.05, 0.1) is 28.4 Å². The van der Waals surface area contributed by atoms with Crippen LogP contribution in [0.15, 0.2) is 95.1 Å². The van der Waals surface area contributed by atoms with Crippen LogP contribution in [0.2, 0.25) is 0 Å². The highest BCUT2D eigenvalue weighted by Crippen LogP contribution is 2.37. The lowest BCUT2D eigenvalue weighted by atomic mass is 9.91. The molecule has 0 aliphatic carbocycles. The number of methoxy groups -OCH3 is 1. The molecule has 8 nitrogen and oxygen atoms in total. The molecule has 3 aromatic carbocycles. The number of carbonyl (C=O) groups excluding carboxylic acids is 1. The SMILES string of the molecule is COCC(=O)N1N=C(c2c(-c3ccccc3)c3ccccc3[nH]c2=O)CC1c1ccc2nccnc2c1. The Labute approximate surface area is 212 Å². The van der Waals surface area contributed by atoms with Crippen molar-refractivity contribution in [2.45, 2.75) is 12.5 Å². The van der Waals surface area contributed by atoms with E-state index >= 15 is 0 Å². The predicted molar refractivity (Wildman–Crippen MR) is 142 cm³/mol. The van der Waals surface area contributed by atoms with Gasteiger partial charge in [-0.05, 0) is 29.3 Å². The van der Waals surface area contributed by atoms with E-state index < -0.39 is 6.04 Å². The molecule has 37 heavy (non-hydrogen) atoms. The fourth-order valence-electron chi connectivity index (χ4n) is 4.95. The second kappa shape index (κ2) is 9.40. The first-order chi connectivity index (χ1) is 18.1. The molecule has 5 aromatic rings. The number of nitrogens with zero attached hydrogens (tertiary/aromatic N) is 4. The normalized spacial score (nSPS) is 15.3. The molecule has 8 heteroatoms. The average Bonchev–Trinajstić information content (AvgIpc) is 3.38. The zero-order valence-corrected chi connectivity index (χ0v) is 20.1. The van der Waals surface area contributed by atoms with E-state index in [2.05, 4.69) is 15.0 Å². The van der Waals surface area contributed by atoms with E-state index in [1.165, 1.54) is 12.1 Å². The van der Waals surface area contributed by atoms with Crippen molar-refractivity contribution in [3.05, 3.63) is 107 Å². The lowest BCUT2D eigenvalue weighted by Crippen LogP contribution is -2.30. The van der Waals surface area contributed by atoms with Crippen molar-refractivity contribution >= 4 is 33.6 Å². The van der Waals surface area contributed by atoms with Crippen LogP contribution in [0.1, 0.15) is 23.6 Å². The minimum Gasteiger partial charge on any atom is -0.375 e. The van der Waals surface area contributed by atoms with Crippen LogP contribution in [-0.4, -0.2) is 45.3 Å². The molecule has 0 saturated carbocycles. The van der Waals surface area contributed by atoms with Crippen molar-refractivity contribution in [2.24, 2.45) is 5.10 Å². The smallest absolute Gasteiger partial charge is 0.269 e. The van der Waals surface area contributed by atoms with Crippen LogP contribution in [0, 0.1) is 0 Å². The molecule has 0 fully saturated rings. The third-order valence-electron chi connectivity index (χ3n) is 6.58. The number of hydrazone groups is 1. The topological polar surface area (TPSA) is 101 Å². The Morgan fingerprint density at radius 3 is 2.54 bits per heavy atom. The third-order valence-corrected chi connectivity index (χ3v) is 6.58. The summed E-state index contributed by atoms with van der Waals surface area (Å²) in [6.07, 6.45) is 3.64. The summed E-state index contributed by atoms with van der Waals surface area (Å²) in [5, 5.41) is 7.07. The summed E-state index contributed by atoms with van der Waals surface area (Å²) >= 11 is 0. The van der Waals surface area contributed by atoms with Gasteiger partial charge in [0.15, 0.2) is 0 Å². The standard InChI is InChI=1S/C29H23N5O3/c1-37-17-26(35)34-25(19-11-12-22-23(15-19)31-14-13-30-22)16-24(33-34)28-27(18-7-3-2-4-8-18)20-9-5-6-10-21(20)32-29(28)36/h2-15,25H,16-17H2,1H3,(H,32,36). The summed E-state index contributed by atoms with van der Waals surface area (Å²) in [4.78, 5) is 38.4. The van der Waals surface area contributed by atoms with Gasteiger partial charge < -0.3 is 9.72 Å². The summed E-state index contributed by atoms with van der Waals surface area (Å²) in [7, 11) is 1.47. The number of aromatic amines is 1. The molecule has 0 radical (unpaired) electrons. The quantitative estimate of drug-likeness (QED) is 0.393. The number of fused-ring (bicyclic) bond motifs is 2. The molecule has 1 N–H and O–H groups in total. The molecular formula is C29H23N5O3. The Morgan fingerprint density at radius 2 is 1.73 bits per heavy atom. The first-order valence-corrected chi connectivity index (χ1v) is 11.9. The third kappa shape index (κ3) is 4.07. The fraction of sp³-hybridized carbons (Fsp3) is 0.138. The molecule has 0 spiro atoms. The Balaban J connectivity index is 1.53. The van der Waals surface area contributed by atoms with Crippen LogP contribution in [0.4, 0.5) is 0 Å². The minimum absolute atomic E-state index is 0.125. The summed E-state index contributed by atoms with van der Waals surface area (Å²) in [5.41, 5.74) is 5.53. The number of para-hydroxylation sites is 1. The number of hydrogen-bond donors (Lipinski definition) is 1. The first kappa shape index (κ1) is 22.8. The molecule has 182 valence electrons. The molecule has 1 unspecified atom stereocenters. The molecule has 1 aliphatic heterocycles. The number of nitrogens with one attached hydrogen (secondary N) is 1. The number of ether oxygens (including phenoxy) is 1. The van der Waals surface area contributed by atoms with Gasteiger partial charge >= 0.3 is 0 Å². The second-order valence-electron chi connectivity index (χ2n) is 8.86. The van der Waals surface area contributed by atoms with E-state index in [-0.39, 0.29) is 18.1 Å². The van der Waals surface area contributed by atoms with E-state index in [1.54, 1.807) is 12.4 Å². The van der Waals surface area contributed by atoms with Gasteiger partial charge in [-0.2, -0.15) is 5.10 Å². The molecular weight excluding hydrogens is 466 g/mol. The number of benzene rings is 3. The lowest BCUT2D eigenvalue weighted by Gasteiger charge is -2.21. The Bertz CT molecular complexity index is 1730. The zero-order chi connectivity index (χ0) is 25.4. The van der Waals surface area contributed by atoms with Crippen LogP contribution in [0.25, 0.3) is 33.1 Å². The Kier molecular flexibility index (Phi) is 5.78. The number of rotatable bonds is 5. The molecule has 0 bridgehead atoms. The fourth-order valence-corrected chi connectivity index (χ4v) is 4.95. The predicted octanol–water partition coefficient (Wildman–Crippen LogP) is 4.46. The largest absolute Gasteiger partial charge is 0.375 e. The number of amides is 1. The van der Waals surface area contributed by atoms with Crippen molar-refractivity contribution in [1.82, 2.24) is 20.0 Å².